The van der Waals surface area contributed by atoms with Gasteiger partial charge in [0.2, 0.25) is 5.89 Å². The molecule has 0 fully saturated rings. The molecule has 0 saturated carbocycles. The number of rotatable bonds is 5. The lowest BCUT2D eigenvalue weighted by atomic mass is 10.6. The smallest absolute Gasteiger partial charge is 0.237 e. The lowest BCUT2D eigenvalue weighted by molar-refractivity contribution is 0.387. The molecule has 2 heterocycles. The fourth-order valence-electron chi connectivity index (χ4n) is 1.38. The minimum absolute atomic E-state index is 0.562. The predicted octanol–water partition coefficient (Wildman–Crippen LogP) is 0.529. The van der Waals surface area contributed by atoms with Crippen LogP contribution >= 0.6 is 11.8 Å². The Morgan fingerprint density at radius 1 is 1.35 bits per heavy atom. The quantitative estimate of drug-likeness (QED) is 0.777. The zero-order chi connectivity index (χ0) is 12.3. The van der Waals surface area contributed by atoms with Gasteiger partial charge in [-0.3, -0.25) is 0 Å². The highest BCUT2D eigenvalue weighted by atomic mass is 32.2. The van der Waals surface area contributed by atoms with Gasteiger partial charge in [-0.25, -0.2) is 0 Å². The summed E-state index contributed by atoms with van der Waals surface area (Å²) in [6, 6.07) is 0. The molecular formula is C9H14N6OS. The predicted molar refractivity (Wildman–Crippen MR) is 62.4 cm³/mol. The zero-order valence-electron chi connectivity index (χ0n) is 9.75. The second kappa shape index (κ2) is 5.28. The van der Waals surface area contributed by atoms with E-state index in [2.05, 4.69) is 20.3 Å². The maximum Gasteiger partial charge on any atom is 0.237 e. The number of nitrogens with two attached hydrogens (primary N) is 1. The van der Waals surface area contributed by atoms with Crippen molar-refractivity contribution in [2.24, 2.45) is 5.73 Å². The van der Waals surface area contributed by atoms with Crippen molar-refractivity contribution in [3.63, 3.8) is 0 Å². The van der Waals surface area contributed by atoms with Crippen molar-refractivity contribution >= 4 is 11.8 Å². The second-order valence-electron chi connectivity index (χ2n) is 3.49. The van der Waals surface area contributed by atoms with Crippen LogP contribution in [-0.4, -0.2) is 31.4 Å². The van der Waals surface area contributed by atoms with Gasteiger partial charge in [0.05, 0.1) is 5.75 Å². The van der Waals surface area contributed by atoms with E-state index in [1.165, 1.54) is 11.8 Å². The Morgan fingerprint density at radius 3 is 2.82 bits per heavy atom. The Balaban J connectivity index is 2.03. The minimum Gasteiger partial charge on any atom is -0.338 e. The van der Waals surface area contributed by atoms with E-state index >= 15 is 0 Å². The van der Waals surface area contributed by atoms with E-state index in [0.717, 1.165) is 11.0 Å². The first-order chi connectivity index (χ1) is 8.20. The minimum atomic E-state index is 0.562. The van der Waals surface area contributed by atoms with Gasteiger partial charge in [0.25, 0.3) is 0 Å². The molecule has 2 aromatic rings. The Bertz CT molecular complexity index is 493. The molecule has 17 heavy (non-hydrogen) atoms. The molecule has 92 valence electrons. The standard InChI is InChI=1S/C9H14N6OS/c1-6-11-8(16-14-6)5-17-9-13-12-7(2)15(9)4-3-10/h3-5,10H2,1-2H3. The van der Waals surface area contributed by atoms with Gasteiger partial charge in [-0.1, -0.05) is 16.9 Å². The molecule has 8 heteroatoms. The normalized spacial score (nSPS) is 11.0. The number of aromatic nitrogens is 5. The van der Waals surface area contributed by atoms with Crippen LogP contribution in [0, 0.1) is 13.8 Å². The fourth-order valence-corrected chi connectivity index (χ4v) is 2.23. The lowest BCUT2D eigenvalue weighted by Crippen LogP contribution is -2.12. The Labute approximate surface area is 103 Å². The van der Waals surface area contributed by atoms with Crippen LogP contribution in [0.25, 0.3) is 0 Å². The summed E-state index contributed by atoms with van der Waals surface area (Å²) in [6.45, 7) is 4.97. The van der Waals surface area contributed by atoms with Gasteiger partial charge in [0.1, 0.15) is 5.82 Å². The van der Waals surface area contributed by atoms with Crippen molar-refractivity contribution in [1.29, 1.82) is 0 Å². The average Bonchev–Trinajstić information content (AvgIpc) is 2.86. The lowest BCUT2D eigenvalue weighted by Gasteiger charge is -2.04. The number of aryl methyl sites for hydroxylation is 2. The van der Waals surface area contributed by atoms with Crippen LogP contribution < -0.4 is 5.73 Å². The first kappa shape index (κ1) is 12.1. The summed E-state index contributed by atoms with van der Waals surface area (Å²) in [7, 11) is 0. The molecule has 0 aliphatic rings. The summed E-state index contributed by atoms with van der Waals surface area (Å²) in [5.74, 6) is 2.68. The van der Waals surface area contributed by atoms with Crippen molar-refractivity contribution in [3.05, 3.63) is 17.5 Å². The third-order valence-corrected chi connectivity index (χ3v) is 3.10. The highest BCUT2D eigenvalue weighted by Crippen LogP contribution is 2.20. The van der Waals surface area contributed by atoms with Crippen molar-refractivity contribution < 1.29 is 4.52 Å². The third kappa shape index (κ3) is 2.83. The third-order valence-electron chi connectivity index (χ3n) is 2.15. The zero-order valence-corrected chi connectivity index (χ0v) is 10.6. The van der Waals surface area contributed by atoms with E-state index in [1.54, 1.807) is 6.92 Å². The van der Waals surface area contributed by atoms with E-state index in [1.807, 2.05) is 11.5 Å². The molecule has 0 spiro atoms. The van der Waals surface area contributed by atoms with Gasteiger partial charge in [0.15, 0.2) is 11.0 Å². The maximum atomic E-state index is 5.54. The topological polar surface area (TPSA) is 95.7 Å². The average molecular weight is 254 g/mol. The van der Waals surface area contributed by atoms with Gasteiger partial charge < -0.3 is 14.8 Å². The molecule has 2 rings (SSSR count). The summed E-state index contributed by atoms with van der Waals surface area (Å²) >= 11 is 1.51. The largest absolute Gasteiger partial charge is 0.338 e. The molecule has 2 aromatic heterocycles. The number of nitrogens with zero attached hydrogens (tertiary/aromatic N) is 5. The molecule has 0 aromatic carbocycles. The summed E-state index contributed by atoms with van der Waals surface area (Å²) in [5, 5.41) is 12.7. The number of hydrogen-bond acceptors (Lipinski definition) is 7. The van der Waals surface area contributed by atoms with E-state index in [4.69, 9.17) is 10.3 Å². The molecule has 0 saturated heterocycles. The van der Waals surface area contributed by atoms with Gasteiger partial charge in [-0.15, -0.1) is 10.2 Å². The van der Waals surface area contributed by atoms with Crippen molar-refractivity contribution in [2.75, 3.05) is 6.54 Å². The fraction of sp³-hybridized carbons (Fsp3) is 0.556. The van der Waals surface area contributed by atoms with E-state index in [0.29, 0.717) is 30.6 Å². The van der Waals surface area contributed by atoms with Crippen LogP contribution in [0.5, 0.6) is 0 Å². The molecule has 0 bridgehead atoms. The van der Waals surface area contributed by atoms with Gasteiger partial charge in [-0.2, -0.15) is 4.98 Å². The highest BCUT2D eigenvalue weighted by molar-refractivity contribution is 7.98. The highest BCUT2D eigenvalue weighted by Gasteiger charge is 2.11. The van der Waals surface area contributed by atoms with Crippen LogP contribution in [0.1, 0.15) is 17.5 Å². The van der Waals surface area contributed by atoms with Crippen LogP contribution in [0.4, 0.5) is 0 Å². The first-order valence-electron chi connectivity index (χ1n) is 5.22. The summed E-state index contributed by atoms with van der Waals surface area (Å²) in [5.41, 5.74) is 5.54. The molecule has 0 radical (unpaired) electrons. The van der Waals surface area contributed by atoms with Crippen LogP contribution in [0.2, 0.25) is 0 Å². The molecule has 0 aliphatic carbocycles. The van der Waals surface area contributed by atoms with Crippen LogP contribution in [0.15, 0.2) is 9.68 Å². The SMILES string of the molecule is Cc1noc(CSc2nnc(C)n2CCN)n1. The van der Waals surface area contributed by atoms with Crippen LogP contribution in [-0.2, 0) is 12.3 Å². The van der Waals surface area contributed by atoms with Crippen LogP contribution in [0.3, 0.4) is 0 Å². The van der Waals surface area contributed by atoms with Gasteiger partial charge >= 0.3 is 0 Å². The summed E-state index contributed by atoms with van der Waals surface area (Å²) < 4.78 is 7.01. The monoisotopic (exact) mass is 254 g/mol. The second-order valence-corrected chi connectivity index (χ2v) is 4.44. The molecule has 0 unspecified atom stereocenters. The van der Waals surface area contributed by atoms with Gasteiger partial charge in [0, 0.05) is 13.1 Å². The molecule has 2 N–H and O–H groups in total. The molecule has 0 amide bonds. The molecule has 0 aliphatic heterocycles. The van der Waals surface area contributed by atoms with E-state index in [-0.39, 0.29) is 0 Å². The van der Waals surface area contributed by atoms with Gasteiger partial charge in [-0.05, 0) is 13.8 Å². The molecule has 7 nitrogen and oxygen atoms in total. The summed E-state index contributed by atoms with van der Waals surface area (Å²) in [4.78, 5) is 4.13. The Kier molecular flexibility index (Phi) is 3.75. The first-order valence-corrected chi connectivity index (χ1v) is 6.21. The number of thioether (sulfide) groups is 1. The van der Waals surface area contributed by atoms with E-state index in [9.17, 15) is 0 Å². The van der Waals surface area contributed by atoms with E-state index < -0.39 is 0 Å². The number of hydrogen-bond donors (Lipinski definition) is 1. The molecule has 0 atom stereocenters. The maximum absolute atomic E-state index is 5.54. The van der Waals surface area contributed by atoms with Crippen molar-refractivity contribution in [2.45, 2.75) is 31.3 Å². The summed E-state index contributed by atoms with van der Waals surface area (Å²) in [6.07, 6.45) is 0. The molecular weight excluding hydrogens is 240 g/mol. The van der Waals surface area contributed by atoms with Crippen molar-refractivity contribution in [3.8, 4) is 0 Å². The Hall–Kier alpha value is -1.41. The van der Waals surface area contributed by atoms with Crippen molar-refractivity contribution in [1.82, 2.24) is 24.9 Å². The Morgan fingerprint density at radius 2 is 2.18 bits per heavy atom.